The van der Waals surface area contributed by atoms with E-state index in [0.717, 1.165) is 48.9 Å². The number of aromatic nitrogens is 3. The van der Waals surface area contributed by atoms with Crippen molar-refractivity contribution in [3.8, 4) is 0 Å². The van der Waals surface area contributed by atoms with Gasteiger partial charge in [0.1, 0.15) is 15.0 Å². The van der Waals surface area contributed by atoms with Crippen LogP contribution in [0.4, 0.5) is 0 Å². The number of hydrogen-bond donors (Lipinski definition) is 0. The lowest BCUT2D eigenvalue weighted by atomic mass is 10.2. The molecule has 3 rings (SSSR count). The first-order valence-electron chi connectivity index (χ1n) is 6.92. The molecule has 1 atom stereocenters. The maximum atomic E-state index is 6.13. The van der Waals surface area contributed by atoms with Crippen LogP contribution in [-0.4, -0.2) is 38.7 Å². The van der Waals surface area contributed by atoms with E-state index < -0.39 is 0 Å². The van der Waals surface area contributed by atoms with Gasteiger partial charge in [-0.3, -0.25) is 4.90 Å². The van der Waals surface area contributed by atoms with Gasteiger partial charge in [0.25, 0.3) is 0 Å². The Hall–Kier alpha value is -0.600. The highest BCUT2D eigenvalue weighted by atomic mass is 35.5. The quantitative estimate of drug-likeness (QED) is 0.805. The summed E-state index contributed by atoms with van der Waals surface area (Å²) < 4.78 is 10.3. The summed E-state index contributed by atoms with van der Waals surface area (Å²) in [5.41, 5.74) is 1.91. The summed E-state index contributed by atoms with van der Waals surface area (Å²) in [6, 6.07) is 0. The first kappa shape index (κ1) is 15.3. The summed E-state index contributed by atoms with van der Waals surface area (Å²) in [5, 5.41) is 7.31. The standard InChI is InChI=1S/C13H17ClN4OS2/c1-9-8-20-12(15-9)7-18(5-10-3-2-4-19-10)6-11-13(14)21-17-16-11/h8,10H,2-7H2,1H3/t10-/m1/s1. The van der Waals surface area contributed by atoms with Crippen LogP contribution in [0.25, 0.3) is 0 Å². The van der Waals surface area contributed by atoms with E-state index in [1.165, 1.54) is 11.5 Å². The number of thiazole rings is 1. The molecule has 0 amide bonds. The predicted octanol–water partition coefficient (Wildman–Crippen LogP) is 3.14. The largest absolute Gasteiger partial charge is 0.377 e. The second-order valence-corrected chi connectivity index (χ2v) is 7.48. The van der Waals surface area contributed by atoms with Crippen LogP contribution in [0.15, 0.2) is 5.38 Å². The zero-order valence-corrected chi connectivity index (χ0v) is 14.2. The molecule has 2 aromatic rings. The van der Waals surface area contributed by atoms with Crippen molar-refractivity contribution >= 4 is 34.5 Å². The Morgan fingerprint density at radius 2 is 2.38 bits per heavy atom. The van der Waals surface area contributed by atoms with E-state index in [0.29, 0.717) is 17.0 Å². The molecule has 0 aromatic carbocycles. The topological polar surface area (TPSA) is 51.1 Å². The van der Waals surface area contributed by atoms with Gasteiger partial charge in [-0.25, -0.2) is 4.98 Å². The number of ether oxygens (including phenoxy) is 1. The van der Waals surface area contributed by atoms with E-state index in [4.69, 9.17) is 16.3 Å². The molecule has 5 nitrogen and oxygen atoms in total. The number of aryl methyl sites for hydroxylation is 1. The van der Waals surface area contributed by atoms with E-state index in [-0.39, 0.29) is 0 Å². The smallest absolute Gasteiger partial charge is 0.138 e. The minimum atomic E-state index is 0.302. The summed E-state index contributed by atoms with van der Waals surface area (Å²) in [6.45, 7) is 5.26. The van der Waals surface area contributed by atoms with E-state index in [1.54, 1.807) is 11.3 Å². The van der Waals surface area contributed by atoms with Crippen LogP contribution in [0.3, 0.4) is 0 Å². The molecule has 0 radical (unpaired) electrons. The van der Waals surface area contributed by atoms with E-state index in [2.05, 4.69) is 24.9 Å². The second kappa shape index (κ2) is 7.11. The van der Waals surface area contributed by atoms with Crippen LogP contribution in [0.5, 0.6) is 0 Å². The fourth-order valence-corrected chi connectivity index (χ4v) is 3.86. The number of rotatable bonds is 6. The Balaban J connectivity index is 1.68. The lowest BCUT2D eigenvalue weighted by molar-refractivity contribution is 0.0674. The molecule has 2 aromatic heterocycles. The molecule has 0 bridgehead atoms. The van der Waals surface area contributed by atoms with Gasteiger partial charge in [0.15, 0.2) is 0 Å². The van der Waals surface area contributed by atoms with Crippen LogP contribution < -0.4 is 0 Å². The summed E-state index contributed by atoms with van der Waals surface area (Å²) in [6.07, 6.45) is 2.57. The highest BCUT2D eigenvalue weighted by molar-refractivity contribution is 7.10. The van der Waals surface area contributed by atoms with Crippen molar-refractivity contribution in [2.24, 2.45) is 0 Å². The molecule has 1 aliphatic rings. The van der Waals surface area contributed by atoms with Gasteiger partial charge >= 0.3 is 0 Å². The van der Waals surface area contributed by atoms with Crippen molar-refractivity contribution in [3.05, 3.63) is 26.1 Å². The Bertz CT molecular complexity index is 582. The summed E-state index contributed by atoms with van der Waals surface area (Å²) in [5.74, 6) is 0. The molecule has 21 heavy (non-hydrogen) atoms. The molecule has 1 fully saturated rings. The summed E-state index contributed by atoms with van der Waals surface area (Å²) in [4.78, 5) is 6.85. The first-order chi connectivity index (χ1) is 10.2. The van der Waals surface area contributed by atoms with E-state index in [9.17, 15) is 0 Å². The lowest BCUT2D eigenvalue weighted by Gasteiger charge is -2.23. The van der Waals surface area contributed by atoms with Gasteiger partial charge in [0, 0.05) is 42.3 Å². The minimum Gasteiger partial charge on any atom is -0.377 e. The highest BCUT2D eigenvalue weighted by Gasteiger charge is 2.21. The SMILES string of the molecule is Cc1csc(CN(Cc2nnsc2Cl)C[C@H]2CCCO2)n1. The van der Waals surface area contributed by atoms with Crippen molar-refractivity contribution in [2.75, 3.05) is 13.2 Å². The molecule has 8 heteroatoms. The fraction of sp³-hybridized carbons (Fsp3) is 0.615. The number of hydrogen-bond acceptors (Lipinski definition) is 7. The molecule has 0 aliphatic carbocycles. The van der Waals surface area contributed by atoms with Crippen molar-refractivity contribution < 1.29 is 4.74 Å². The molecular formula is C13H17ClN4OS2. The van der Waals surface area contributed by atoms with E-state index in [1.807, 2.05) is 6.92 Å². The Labute approximate surface area is 137 Å². The maximum Gasteiger partial charge on any atom is 0.138 e. The van der Waals surface area contributed by atoms with Crippen LogP contribution in [-0.2, 0) is 17.8 Å². The van der Waals surface area contributed by atoms with Crippen LogP contribution >= 0.6 is 34.5 Å². The predicted molar refractivity (Wildman–Crippen MR) is 84.9 cm³/mol. The highest BCUT2D eigenvalue weighted by Crippen LogP contribution is 2.22. The fourth-order valence-electron chi connectivity index (χ4n) is 2.43. The molecule has 1 saturated heterocycles. The Morgan fingerprint density at radius 1 is 1.48 bits per heavy atom. The minimum absolute atomic E-state index is 0.302. The van der Waals surface area contributed by atoms with Gasteiger partial charge in [-0.05, 0) is 19.8 Å². The zero-order chi connectivity index (χ0) is 14.7. The third kappa shape index (κ3) is 4.20. The second-order valence-electron chi connectivity index (χ2n) is 5.18. The average Bonchev–Trinajstić information content (AvgIpc) is 3.16. The van der Waals surface area contributed by atoms with Crippen LogP contribution in [0.1, 0.15) is 29.2 Å². The van der Waals surface area contributed by atoms with Crippen molar-refractivity contribution in [2.45, 2.75) is 39.0 Å². The summed E-state index contributed by atoms with van der Waals surface area (Å²) in [7, 11) is 0. The molecule has 0 N–H and O–H groups in total. The van der Waals surface area contributed by atoms with Crippen molar-refractivity contribution in [3.63, 3.8) is 0 Å². The van der Waals surface area contributed by atoms with Gasteiger partial charge in [0.05, 0.1) is 12.6 Å². The maximum absolute atomic E-state index is 6.13. The monoisotopic (exact) mass is 344 g/mol. The third-order valence-corrected chi connectivity index (χ3v) is 5.33. The lowest BCUT2D eigenvalue weighted by Crippen LogP contribution is -2.31. The molecule has 1 aliphatic heterocycles. The van der Waals surface area contributed by atoms with Gasteiger partial charge in [-0.2, -0.15) is 0 Å². The van der Waals surface area contributed by atoms with Gasteiger partial charge in [-0.1, -0.05) is 16.1 Å². The normalized spacial score (nSPS) is 18.7. The van der Waals surface area contributed by atoms with Crippen LogP contribution in [0, 0.1) is 6.92 Å². The van der Waals surface area contributed by atoms with Crippen LogP contribution in [0.2, 0.25) is 4.34 Å². The van der Waals surface area contributed by atoms with Crippen molar-refractivity contribution in [1.29, 1.82) is 0 Å². The van der Waals surface area contributed by atoms with Crippen molar-refractivity contribution in [1.82, 2.24) is 19.5 Å². The van der Waals surface area contributed by atoms with Gasteiger partial charge in [0.2, 0.25) is 0 Å². The molecular weight excluding hydrogens is 328 g/mol. The molecule has 0 spiro atoms. The first-order valence-corrected chi connectivity index (χ1v) is 8.95. The Morgan fingerprint density at radius 3 is 3.00 bits per heavy atom. The molecule has 114 valence electrons. The van der Waals surface area contributed by atoms with Gasteiger partial charge in [-0.15, -0.1) is 16.4 Å². The molecule has 0 unspecified atom stereocenters. The number of halogens is 1. The Kier molecular flexibility index (Phi) is 5.18. The third-order valence-electron chi connectivity index (χ3n) is 3.39. The van der Waals surface area contributed by atoms with Gasteiger partial charge < -0.3 is 4.74 Å². The zero-order valence-electron chi connectivity index (χ0n) is 11.8. The summed E-state index contributed by atoms with van der Waals surface area (Å²) >= 11 is 9.06. The number of nitrogens with zero attached hydrogens (tertiary/aromatic N) is 4. The molecule has 0 saturated carbocycles. The molecule has 3 heterocycles. The average molecular weight is 345 g/mol. The van der Waals surface area contributed by atoms with E-state index >= 15 is 0 Å².